The summed E-state index contributed by atoms with van der Waals surface area (Å²) in [4.78, 5) is 25.0. The number of carbonyl (C=O) groups is 2. The van der Waals surface area contributed by atoms with Crippen LogP contribution in [0.15, 0.2) is 30.3 Å². The van der Waals surface area contributed by atoms with Gasteiger partial charge in [0.1, 0.15) is 17.5 Å². The number of hydrogen-bond acceptors (Lipinski definition) is 3. The summed E-state index contributed by atoms with van der Waals surface area (Å²) in [5.74, 6) is -0.809. The summed E-state index contributed by atoms with van der Waals surface area (Å²) in [6.07, 6.45) is 0.360. The number of benzene rings is 1. The molecule has 1 aromatic carbocycles. The summed E-state index contributed by atoms with van der Waals surface area (Å²) in [6, 6.07) is 8.87. The molecular formula is C18H26O3. The molecule has 1 rings (SSSR count). The fourth-order valence-corrected chi connectivity index (χ4v) is 2.26. The molecule has 0 fully saturated rings. The molecule has 0 aliphatic heterocycles. The molecule has 0 amide bonds. The Balaban J connectivity index is 2.93. The van der Waals surface area contributed by atoms with E-state index in [-0.39, 0.29) is 11.2 Å². The van der Waals surface area contributed by atoms with Gasteiger partial charge in [-0.05, 0) is 23.0 Å². The van der Waals surface area contributed by atoms with E-state index in [1.807, 2.05) is 47.6 Å². The van der Waals surface area contributed by atoms with Crippen molar-refractivity contribution in [2.75, 3.05) is 0 Å². The second kappa shape index (κ2) is 6.42. The highest BCUT2D eigenvalue weighted by Gasteiger charge is 2.40. The van der Waals surface area contributed by atoms with Gasteiger partial charge in [0.15, 0.2) is 0 Å². The van der Waals surface area contributed by atoms with Crippen LogP contribution in [0.5, 0.6) is 5.75 Å². The van der Waals surface area contributed by atoms with Crippen molar-refractivity contribution in [3.05, 3.63) is 30.3 Å². The fourth-order valence-electron chi connectivity index (χ4n) is 2.26. The van der Waals surface area contributed by atoms with E-state index in [1.165, 1.54) is 0 Å². The van der Waals surface area contributed by atoms with Gasteiger partial charge in [-0.25, -0.2) is 0 Å². The van der Waals surface area contributed by atoms with Gasteiger partial charge in [-0.15, -0.1) is 0 Å². The first-order valence-corrected chi connectivity index (χ1v) is 7.30. The predicted octanol–water partition coefficient (Wildman–Crippen LogP) is 4.26. The predicted molar refractivity (Wildman–Crippen MR) is 84.1 cm³/mol. The van der Waals surface area contributed by atoms with E-state index < -0.39 is 17.3 Å². The van der Waals surface area contributed by atoms with Crippen molar-refractivity contribution < 1.29 is 14.3 Å². The van der Waals surface area contributed by atoms with Gasteiger partial charge in [0.2, 0.25) is 0 Å². The van der Waals surface area contributed by atoms with Crippen molar-refractivity contribution in [2.45, 2.75) is 48.0 Å². The molecule has 0 aromatic heterocycles. The van der Waals surface area contributed by atoms with E-state index in [0.717, 1.165) is 0 Å². The molecule has 0 N–H and O–H groups in total. The second-order valence-corrected chi connectivity index (χ2v) is 7.74. The third kappa shape index (κ3) is 5.70. The lowest BCUT2D eigenvalue weighted by Gasteiger charge is -2.29. The molecule has 21 heavy (non-hydrogen) atoms. The van der Waals surface area contributed by atoms with Gasteiger partial charge in [-0.3, -0.25) is 9.59 Å². The van der Waals surface area contributed by atoms with Crippen LogP contribution < -0.4 is 4.74 Å². The summed E-state index contributed by atoms with van der Waals surface area (Å²) < 4.78 is 5.38. The molecule has 3 nitrogen and oxygen atoms in total. The maximum absolute atomic E-state index is 12.5. The van der Waals surface area contributed by atoms with Crippen LogP contribution >= 0.6 is 0 Å². The first-order chi connectivity index (χ1) is 9.50. The van der Waals surface area contributed by atoms with E-state index in [9.17, 15) is 9.59 Å². The fraction of sp³-hybridized carbons (Fsp3) is 0.556. The lowest BCUT2D eigenvalue weighted by molar-refractivity contribution is -0.149. The van der Waals surface area contributed by atoms with Gasteiger partial charge in [0.25, 0.3) is 0 Å². The van der Waals surface area contributed by atoms with Gasteiger partial charge >= 0.3 is 5.97 Å². The first kappa shape index (κ1) is 17.4. The van der Waals surface area contributed by atoms with Crippen LogP contribution in [-0.4, -0.2) is 11.8 Å². The summed E-state index contributed by atoms with van der Waals surface area (Å²) >= 11 is 0. The minimum Gasteiger partial charge on any atom is -0.426 e. The molecule has 0 saturated carbocycles. The molecule has 1 unspecified atom stereocenters. The van der Waals surface area contributed by atoms with E-state index >= 15 is 0 Å². The van der Waals surface area contributed by atoms with Gasteiger partial charge < -0.3 is 4.74 Å². The molecule has 0 aliphatic rings. The van der Waals surface area contributed by atoms with Crippen molar-refractivity contribution >= 4 is 11.8 Å². The topological polar surface area (TPSA) is 43.4 Å². The Kier molecular flexibility index (Phi) is 5.32. The van der Waals surface area contributed by atoms with Crippen molar-refractivity contribution in [3.8, 4) is 5.75 Å². The SMILES string of the molecule is CC(C)(C)CC(=O)C(C(=O)Oc1ccccc1)C(C)(C)C. The van der Waals surface area contributed by atoms with Crippen molar-refractivity contribution in [1.29, 1.82) is 0 Å². The molecule has 1 aromatic rings. The smallest absolute Gasteiger partial charge is 0.322 e. The summed E-state index contributed by atoms with van der Waals surface area (Å²) in [5.41, 5.74) is -0.609. The molecule has 3 heteroatoms. The second-order valence-electron chi connectivity index (χ2n) is 7.74. The minimum atomic E-state index is -0.753. The number of esters is 1. The molecule has 0 heterocycles. The Hall–Kier alpha value is -1.64. The monoisotopic (exact) mass is 290 g/mol. The van der Waals surface area contributed by atoms with E-state index in [4.69, 9.17) is 4.74 Å². The van der Waals surface area contributed by atoms with Crippen molar-refractivity contribution in [3.63, 3.8) is 0 Å². The van der Waals surface area contributed by atoms with Crippen LogP contribution in [0.4, 0.5) is 0 Å². The largest absolute Gasteiger partial charge is 0.426 e. The Morgan fingerprint density at radius 2 is 1.52 bits per heavy atom. The molecule has 0 saturated heterocycles. The molecule has 1 atom stereocenters. The minimum absolute atomic E-state index is 0.0593. The highest BCUT2D eigenvalue weighted by Crippen LogP contribution is 2.32. The molecular weight excluding hydrogens is 264 g/mol. The first-order valence-electron chi connectivity index (χ1n) is 7.30. The zero-order valence-electron chi connectivity index (χ0n) is 13.9. The summed E-state index contributed by atoms with van der Waals surface area (Å²) in [6.45, 7) is 11.7. The van der Waals surface area contributed by atoms with Crippen LogP contribution in [0, 0.1) is 16.7 Å². The normalized spacial score (nSPS) is 13.6. The lowest BCUT2D eigenvalue weighted by Crippen LogP contribution is -2.39. The van der Waals surface area contributed by atoms with E-state index in [1.54, 1.807) is 24.3 Å². The van der Waals surface area contributed by atoms with Gasteiger partial charge in [-0.2, -0.15) is 0 Å². The van der Waals surface area contributed by atoms with Gasteiger partial charge in [0, 0.05) is 6.42 Å². The number of rotatable bonds is 4. The Labute approximate surface area is 127 Å². The number of para-hydroxylation sites is 1. The highest BCUT2D eigenvalue weighted by atomic mass is 16.5. The molecule has 116 valence electrons. The zero-order valence-corrected chi connectivity index (χ0v) is 13.9. The van der Waals surface area contributed by atoms with E-state index in [0.29, 0.717) is 12.2 Å². The third-order valence-corrected chi connectivity index (χ3v) is 3.09. The number of Topliss-reactive ketones (excluding diaryl/α,β-unsaturated/α-hetero) is 1. The quantitative estimate of drug-likeness (QED) is 0.473. The number of carbonyl (C=O) groups excluding carboxylic acids is 2. The molecule has 0 aliphatic carbocycles. The number of ether oxygens (including phenoxy) is 1. The summed E-state index contributed by atoms with van der Waals surface area (Å²) in [5, 5.41) is 0. The van der Waals surface area contributed by atoms with Crippen LogP contribution in [0.1, 0.15) is 48.0 Å². The van der Waals surface area contributed by atoms with Crippen LogP contribution in [0.25, 0.3) is 0 Å². The molecule has 0 radical (unpaired) electrons. The van der Waals surface area contributed by atoms with Crippen LogP contribution in [0.2, 0.25) is 0 Å². The lowest BCUT2D eigenvalue weighted by atomic mass is 9.74. The third-order valence-electron chi connectivity index (χ3n) is 3.09. The highest BCUT2D eigenvalue weighted by molar-refractivity contribution is 6.00. The Morgan fingerprint density at radius 1 is 1.00 bits per heavy atom. The average Bonchev–Trinajstić information content (AvgIpc) is 2.25. The van der Waals surface area contributed by atoms with Crippen LogP contribution in [0.3, 0.4) is 0 Å². The van der Waals surface area contributed by atoms with Crippen molar-refractivity contribution in [1.82, 2.24) is 0 Å². The number of hydrogen-bond donors (Lipinski definition) is 0. The van der Waals surface area contributed by atoms with Crippen molar-refractivity contribution in [2.24, 2.45) is 16.7 Å². The van der Waals surface area contributed by atoms with E-state index in [2.05, 4.69) is 0 Å². The van der Waals surface area contributed by atoms with Gasteiger partial charge in [-0.1, -0.05) is 59.7 Å². The Morgan fingerprint density at radius 3 is 1.95 bits per heavy atom. The zero-order chi connectivity index (χ0) is 16.3. The molecule has 0 bridgehead atoms. The number of ketones is 1. The average molecular weight is 290 g/mol. The molecule has 0 spiro atoms. The van der Waals surface area contributed by atoms with Crippen LogP contribution in [-0.2, 0) is 9.59 Å². The maximum atomic E-state index is 12.5. The van der Waals surface area contributed by atoms with Gasteiger partial charge in [0.05, 0.1) is 0 Å². The Bertz CT molecular complexity index is 489. The maximum Gasteiger partial charge on any atom is 0.322 e. The standard InChI is InChI=1S/C18H26O3/c1-17(2,3)12-14(19)15(18(4,5)6)16(20)21-13-10-8-7-9-11-13/h7-11,15H,12H2,1-6H3. The summed E-state index contributed by atoms with van der Waals surface area (Å²) in [7, 11) is 0.